The number of ether oxygens (including phenoxy) is 1. The van der Waals surface area contributed by atoms with Gasteiger partial charge in [0.2, 0.25) is 0 Å². The Morgan fingerprint density at radius 1 is 1.39 bits per heavy atom. The van der Waals surface area contributed by atoms with Crippen LogP contribution in [0.3, 0.4) is 0 Å². The molecule has 18 heavy (non-hydrogen) atoms. The molecule has 0 saturated carbocycles. The van der Waals surface area contributed by atoms with Crippen LogP contribution in [0.2, 0.25) is 0 Å². The lowest BCUT2D eigenvalue weighted by Gasteiger charge is -2.29. The maximum atomic E-state index is 13.1. The van der Waals surface area contributed by atoms with Crippen molar-refractivity contribution in [2.75, 3.05) is 19.7 Å². The van der Waals surface area contributed by atoms with E-state index in [-0.39, 0.29) is 5.82 Å². The van der Waals surface area contributed by atoms with Gasteiger partial charge in [0.25, 0.3) is 0 Å². The summed E-state index contributed by atoms with van der Waals surface area (Å²) in [5.74, 6) is -0.155. The molecule has 0 amide bonds. The quantitative estimate of drug-likeness (QED) is 0.796. The van der Waals surface area contributed by atoms with E-state index in [0.29, 0.717) is 6.10 Å². The first-order valence-electron chi connectivity index (χ1n) is 6.86. The van der Waals surface area contributed by atoms with E-state index in [0.717, 1.165) is 38.2 Å². The number of hydrogen-bond donors (Lipinski definition) is 0. The number of hydrogen-bond acceptors (Lipinski definition) is 2. The maximum Gasteiger partial charge on any atom is 0.123 e. The molecular weight excluding hydrogens is 229 g/mol. The highest BCUT2D eigenvalue weighted by Crippen LogP contribution is 2.15. The van der Waals surface area contributed by atoms with Gasteiger partial charge in [-0.1, -0.05) is 19.1 Å². The molecule has 1 unspecified atom stereocenters. The van der Waals surface area contributed by atoms with Crippen molar-refractivity contribution in [1.29, 1.82) is 0 Å². The van der Waals surface area contributed by atoms with Gasteiger partial charge in [0, 0.05) is 19.7 Å². The first kappa shape index (κ1) is 13.5. The zero-order valence-electron chi connectivity index (χ0n) is 11.1. The van der Waals surface area contributed by atoms with Gasteiger partial charge in [-0.05, 0) is 43.5 Å². The number of benzene rings is 1. The van der Waals surface area contributed by atoms with Crippen LogP contribution in [0.5, 0.6) is 0 Å². The Morgan fingerprint density at radius 2 is 2.28 bits per heavy atom. The van der Waals surface area contributed by atoms with Gasteiger partial charge in [-0.15, -0.1) is 0 Å². The topological polar surface area (TPSA) is 12.5 Å². The second-order valence-corrected chi connectivity index (χ2v) is 4.95. The Balaban J connectivity index is 1.88. The fourth-order valence-corrected chi connectivity index (χ4v) is 2.44. The van der Waals surface area contributed by atoms with E-state index in [1.165, 1.54) is 18.9 Å². The number of rotatable bonds is 5. The van der Waals surface area contributed by atoms with Gasteiger partial charge in [0.15, 0.2) is 0 Å². The molecule has 3 heteroatoms. The summed E-state index contributed by atoms with van der Waals surface area (Å²) in [4.78, 5) is 2.32. The van der Waals surface area contributed by atoms with E-state index in [1.807, 2.05) is 6.07 Å². The van der Waals surface area contributed by atoms with Crippen LogP contribution in [-0.2, 0) is 11.3 Å². The summed E-state index contributed by atoms with van der Waals surface area (Å²) in [6.07, 6.45) is 3.96. The lowest BCUT2D eigenvalue weighted by atomic mass is 10.1. The molecular formula is C15H22FNO. The predicted molar refractivity (Wildman–Crippen MR) is 70.9 cm³/mol. The van der Waals surface area contributed by atoms with E-state index in [1.54, 1.807) is 12.1 Å². The van der Waals surface area contributed by atoms with E-state index < -0.39 is 0 Å². The molecule has 0 spiro atoms. The number of likely N-dealkylation sites (N-methyl/N-ethyl adjacent to an activating group) is 1. The van der Waals surface area contributed by atoms with Gasteiger partial charge in [-0.2, -0.15) is 0 Å². The molecule has 2 rings (SSSR count). The van der Waals surface area contributed by atoms with Crippen molar-refractivity contribution < 1.29 is 9.13 Å². The highest BCUT2D eigenvalue weighted by Gasteiger charge is 2.17. The summed E-state index contributed by atoms with van der Waals surface area (Å²) in [6, 6.07) is 6.86. The summed E-state index contributed by atoms with van der Waals surface area (Å²) in [6.45, 7) is 5.75. The van der Waals surface area contributed by atoms with Crippen molar-refractivity contribution in [3.05, 3.63) is 35.6 Å². The molecule has 0 aliphatic carbocycles. The molecule has 0 N–H and O–H groups in total. The van der Waals surface area contributed by atoms with Crippen molar-refractivity contribution in [3.63, 3.8) is 0 Å². The van der Waals surface area contributed by atoms with Crippen LogP contribution in [0.1, 0.15) is 31.7 Å². The molecule has 2 nitrogen and oxygen atoms in total. The lowest BCUT2D eigenvalue weighted by Crippen LogP contribution is -2.35. The normalized spacial score (nSPS) is 20.3. The van der Waals surface area contributed by atoms with Crippen molar-refractivity contribution in [3.8, 4) is 0 Å². The van der Waals surface area contributed by atoms with Gasteiger partial charge < -0.3 is 4.74 Å². The Bertz CT molecular complexity index is 363. The third-order valence-corrected chi connectivity index (χ3v) is 3.48. The minimum Gasteiger partial charge on any atom is -0.377 e. The van der Waals surface area contributed by atoms with E-state index in [9.17, 15) is 4.39 Å². The van der Waals surface area contributed by atoms with Gasteiger partial charge in [-0.3, -0.25) is 4.90 Å². The molecule has 1 aliphatic heterocycles. The highest BCUT2D eigenvalue weighted by molar-refractivity contribution is 5.16. The van der Waals surface area contributed by atoms with Crippen LogP contribution in [0.4, 0.5) is 4.39 Å². The minimum absolute atomic E-state index is 0.155. The Hall–Kier alpha value is -0.930. The summed E-state index contributed by atoms with van der Waals surface area (Å²) in [5.41, 5.74) is 1.03. The van der Waals surface area contributed by atoms with Crippen LogP contribution in [0.25, 0.3) is 0 Å². The summed E-state index contributed by atoms with van der Waals surface area (Å²) >= 11 is 0. The molecule has 1 aliphatic rings. The summed E-state index contributed by atoms with van der Waals surface area (Å²) < 4.78 is 18.9. The molecule has 1 aromatic rings. The predicted octanol–water partition coefficient (Wildman–Crippen LogP) is 3.22. The molecule has 1 fully saturated rings. The largest absolute Gasteiger partial charge is 0.377 e. The molecule has 0 bridgehead atoms. The van der Waals surface area contributed by atoms with Crippen molar-refractivity contribution in [2.45, 2.75) is 38.8 Å². The molecule has 0 radical (unpaired) electrons. The zero-order valence-corrected chi connectivity index (χ0v) is 11.1. The van der Waals surface area contributed by atoms with Crippen molar-refractivity contribution in [2.24, 2.45) is 0 Å². The average Bonchev–Trinajstić information content (AvgIpc) is 2.39. The van der Waals surface area contributed by atoms with Crippen LogP contribution < -0.4 is 0 Å². The lowest BCUT2D eigenvalue weighted by molar-refractivity contribution is -0.00624. The van der Waals surface area contributed by atoms with Gasteiger partial charge in [-0.25, -0.2) is 4.39 Å². The highest BCUT2D eigenvalue weighted by atomic mass is 19.1. The molecule has 0 aromatic heterocycles. The summed E-state index contributed by atoms with van der Waals surface area (Å²) in [5, 5.41) is 0. The van der Waals surface area contributed by atoms with Gasteiger partial charge >= 0.3 is 0 Å². The minimum atomic E-state index is -0.155. The maximum absolute atomic E-state index is 13.1. The molecule has 100 valence electrons. The third-order valence-electron chi connectivity index (χ3n) is 3.48. The van der Waals surface area contributed by atoms with Crippen LogP contribution in [0.15, 0.2) is 24.3 Å². The van der Waals surface area contributed by atoms with Gasteiger partial charge in [0.05, 0.1) is 6.10 Å². The second-order valence-electron chi connectivity index (χ2n) is 4.95. The molecule has 1 heterocycles. The third kappa shape index (κ3) is 4.07. The zero-order chi connectivity index (χ0) is 12.8. The first-order valence-corrected chi connectivity index (χ1v) is 6.86. The van der Waals surface area contributed by atoms with E-state index in [4.69, 9.17) is 4.74 Å². The van der Waals surface area contributed by atoms with E-state index >= 15 is 0 Å². The van der Waals surface area contributed by atoms with Crippen molar-refractivity contribution >= 4 is 0 Å². The van der Waals surface area contributed by atoms with Gasteiger partial charge in [0.1, 0.15) is 5.82 Å². The summed E-state index contributed by atoms with van der Waals surface area (Å²) in [7, 11) is 0. The second kappa shape index (κ2) is 6.86. The number of halogens is 1. The monoisotopic (exact) mass is 251 g/mol. The van der Waals surface area contributed by atoms with Crippen LogP contribution in [-0.4, -0.2) is 30.7 Å². The fraction of sp³-hybridized carbons (Fsp3) is 0.600. The van der Waals surface area contributed by atoms with Crippen LogP contribution in [0, 0.1) is 5.82 Å². The standard InChI is InChI=1S/C15H22FNO/c1-2-17(12-15-8-3-4-9-18-15)11-13-6-5-7-14(16)10-13/h5-7,10,15H,2-4,8-9,11-12H2,1H3. The number of nitrogens with zero attached hydrogens (tertiary/aromatic N) is 1. The first-order chi connectivity index (χ1) is 8.78. The Labute approximate surface area is 109 Å². The smallest absolute Gasteiger partial charge is 0.123 e. The van der Waals surface area contributed by atoms with Crippen LogP contribution >= 0.6 is 0 Å². The SMILES string of the molecule is CCN(Cc1cccc(F)c1)CC1CCCCO1. The fourth-order valence-electron chi connectivity index (χ4n) is 2.44. The Kier molecular flexibility index (Phi) is 5.14. The average molecular weight is 251 g/mol. The molecule has 1 aromatic carbocycles. The van der Waals surface area contributed by atoms with Crippen molar-refractivity contribution in [1.82, 2.24) is 4.90 Å². The Morgan fingerprint density at radius 3 is 2.94 bits per heavy atom. The molecule has 1 atom stereocenters. The van der Waals surface area contributed by atoms with E-state index in [2.05, 4.69) is 11.8 Å². The molecule has 1 saturated heterocycles.